The van der Waals surface area contributed by atoms with Crippen LogP contribution in [0.5, 0.6) is 5.75 Å². The summed E-state index contributed by atoms with van der Waals surface area (Å²) in [4.78, 5) is 28.4. The third-order valence-electron chi connectivity index (χ3n) is 5.97. The lowest BCUT2D eigenvalue weighted by atomic mass is 10.1. The SMILES string of the molecule is COC(=O)c1ccc(COc2cc3c(cc2N(CC(C)C)S(=O)(=O)c2nccs2)CCC3=O)c(C)c1. The molecule has 0 saturated heterocycles. The highest BCUT2D eigenvalue weighted by molar-refractivity contribution is 7.94. The first-order valence-corrected chi connectivity index (χ1v) is 13.9. The Labute approximate surface area is 214 Å². The Morgan fingerprint density at radius 2 is 1.97 bits per heavy atom. The zero-order chi connectivity index (χ0) is 26.0. The fraction of sp³-hybridized carbons (Fsp3) is 0.346. The molecule has 0 atom stereocenters. The smallest absolute Gasteiger partial charge is 0.337 e. The van der Waals surface area contributed by atoms with Crippen molar-refractivity contribution in [2.75, 3.05) is 18.0 Å². The summed E-state index contributed by atoms with van der Waals surface area (Å²) in [6.07, 6.45) is 2.41. The second kappa shape index (κ2) is 10.4. The predicted molar refractivity (Wildman–Crippen MR) is 137 cm³/mol. The van der Waals surface area contributed by atoms with E-state index in [1.54, 1.807) is 35.7 Å². The molecule has 4 rings (SSSR count). The first kappa shape index (κ1) is 25.8. The number of thiazole rings is 1. The van der Waals surface area contributed by atoms with Crippen molar-refractivity contribution in [3.63, 3.8) is 0 Å². The van der Waals surface area contributed by atoms with Crippen LogP contribution in [-0.2, 0) is 27.8 Å². The first-order chi connectivity index (χ1) is 17.1. The van der Waals surface area contributed by atoms with E-state index in [9.17, 15) is 18.0 Å². The molecule has 0 bridgehead atoms. The van der Waals surface area contributed by atoms with Crippen LogP contribution in [-0.4, -0.2) is 38.8 Å². The summed E-state index contributed by atoms with van der Waals surface area (Å²) < 4.78 is 39.5. The maximum absolute atomic E-state index is 13.6. The zero-order valence-electron chi connectivity index (χ0n) is 20.6. The number of rotatable bonds is 9. The van der Waals surface area contributed by atoms with Crippen LogP contribution in [0.2, 0.25) is 0 Å². The molecule has 3 aromatic rings. The van der Waals surface area contributed by atoms with Crippen LogP contribution in [0, 0.1) is 12.8 Å². The number of benzene rings is 2. The molecule has 0 radical (unpaired) electrons. The molecule has 10 heteroatoms. The van der Waals surface area contributed by atoms with E-state index in [2.05, 4.69) is 4.98 Å². The Morgan fingerprint density at radius 3 is 2.61 bits per heavy atom. The Hall–Kier alpha value is -3.24. The van der Waals surface area contributed by atoms with Gasteiger partial charge in [-0.3, -0.25) is 9.10 Å². The monoisotopic (exact) mass is 528 g/mol. The molecular formula is C26H28N2O6S2. The van der Waals surface area contributed by atoms with E-state index in [-0.39, 0.29) is 29.2 Å². The molecule has 0 unspecified atom stereocenters. The lowest BCUT2D eigenvalue weighted by Crippen LogP contribution is -2.34. The Balaban J connectivity index is 1.75. The van der Waals surface area contributed by atoms with E-state index in [4.69, 9.17) is 9.47 Å². The molecule has 0 amide bonds. The van der Waals surface area contributed by atoms with Gasteiger partial charge in [0.05, 0.1) is 18.4 Å². The number of methoxy groups -OCH3 is 1. The summed E-state index contributed by atoms with van der Waals surface area (Å²) in [6, 6.07) is 8.56. The van der Waals surface area contributed by atoms with Crippen molar-refractivity contribution in [3.05, 3.63) is 69.7 Å². The van der Waals surface area contributed by atoms with Crippen LogP contribution >= 0.6 is 11.3 Å². The maximum atomic E-state index is 13.6. The minimum absolute atomic E-state index is 0.0000756. The van der Waals surface area contributed by atoms with Crippen molar-refractivity contribution < 1.29 is 27.5 Å². The highest BCUT2D eigenvalue weighted by atomic mass is 32.2. The molecule has 1 aliphatic rings. The third kappa shape index (κ3) is 5.15. The molecule has 8 nitrogen and oxygen atoms in total. The number of aromatic nitrogens is 1. The van der Waals surface area contributed by atoms with E-state index < -0.39 is 16.0 Å². The van der Waals surface area contributed by atoms with Crippen LogP contribution in [0.15, 0.2) is 46.2 Å². The second-order valence-corrected chi connectivity index (χ2v) is 12.0. The number of carbonyl (C=O) groups is 2. The van der Waals surface area contributed by atoms with Gasteiger partial charge < -0.3 is 9.47 Å². The number of ketones is 1. The molecule has 1 heterocycles. The van der Waals surface area contributed by atoms with Crippen molar-refractivity contribution in [2.24, 2.45) is 5.92 Å². The quantitative estimate of drug-likeness (QED) is 0.368. The van der Waals surface area contributed by atoms with Gasteiger partial charge in [-0.15, -0.1) is 11.3 Å². The van der Waals surface area contributed by atoms with Gasteiger partial charge in [-0.05, 0) is 60.2 Å². The molecule has 1 aromatic heterocycles. The lowest BCUT2D eigenvalue weighted by molar-refractivity contribution is 0.0600. The number of hydrogen-bond donors (Lipinski definition) is 0. The molecule has 190 valence electrons. The summed E-state index contributed by atoms with van der Waals surface area (Å²) in [5, 5.41) is 1.62. The molecular weight excluding hydrogens is 500 g/mol. The zero-order valence-corrected chi connectivity index (χ0v) is 22.2. The predicted octanol–water partition coefficient (Wildman–Crippen LogP) is 4.80. The van der Waals surface area contributed by atoms with Gasteiger partial charge in [-0.2, -0.15) is 8.42 Å². The van der Waals surface area contributed by atoms with Crippen molar-refractivity contribution in [1.29, 1.82) is 0 Å². The van der Waals surface area contributed by atoms with Crippen LogP contribution in [0.25, 0.3) is 0 Å². The van der Waals surface area contributed by atoms with Crippen LogP contribution < -0.4 is 9.04 Å². The molecule has 0 saturated carbocycles. The number of fused-ring (bicyclic) bond motifs is 1. The van der Waals surface area contributed by atoms with Gasteiger partial charge in [0, 0.05) is 30.1 Å². The van der Waals surface area contributed by atoms with Gasteiger partial charge in [0.25, 0.3) is 10.0 Å². The first-order valence-electron chi connectivity index (χ1n) is 11.5. The highest BCUT2D eigenvalue weighted by Crippen LogP contribution is 2.39. The molecule has 0 spiro atoms. The average molecular weight is 529 g/mol. The molecule has 2 aromatic carbocycles. The molecule has 0 N–H and O–H groups in total. The van der Waals surface area contributed by atoms with Gasteiger partial charge in [-0.25, -0.2) is 9.78 Å². The summed E-state index contributed by atoms with van der Waals surface area (Å²) >= 11 is 1.06. The number of esters is 1. The van der Waals surface area contributed by atoms with Gasteiger partial charge in [0.2, 0.25) is 4.34 Å². The minimum atomic E-state index is -3.94. The Kier molecular flexibility index (Phi) is 7.46. The number of hydrogen-bond acceptors (Lipinski definition) is 8. The van der Waals surface area contributed by atoms with Gasteiger partial charge in [0.1, 0.15) is 12.4 Å². The summed E-state index contributed by atoms with van der Waals surface area (Å²) in [5.41, 5.74) is 3.83. The van der Waals surface area contributed by atoms with E-state index >= 15 is 0 Å². The van der Waals surface area contributed by atoms with Crippen molar-refractivity contribution in [1.82, 2.24) is 4.98 Å². The number of ether oxygens (including phenoxy) is 2. The maximum Gasteiger partial charge on any atom is 0.337 e. The topological polar surface area (TPSA) is 103 Å². The summed E-state index contributed by atoms with van der Waals surface area (Å²) in [6.45, 7) is 6.08. The normalized spacial score (nSPS) is 13.1. The van der Waals surface area contributed by atoms with Gasteiger partial charge >= 0.3 is 5.97 Å². The van der Waals surface area contributed by atoms with Crippen molar-refractivity contribution >= 4 is 38.8 Å². The highest BCUT2D eigenvalue weighted by Gasteiger charge is 2.32. The number of carbonyl (C=O) groups excluding carboxylic acids is 2. The largest absolute Gasteiger partial charge is 0.487 e. The number of anilines is 1. The fourth-order valence-electron chi connectivity index (χ4n) is 4.12. The Bertz CT molecular complexity index is 1400. The lowest BCUT2D eigenvalue weighted by Gasteiger charge is -2.27. The average Bonchev–Trinajstić information content (AvgIpc) is 3.51. The molecule has 0 aliphatic heterocycles. The minimum Gasteiger partial charge on any atom is -0.487 e. The van der Waals surface area contributed by atoms with Gasteiger partial charge in [-0.1, -0.05) is 19.9 Å². The van der Waals surface area contributed by atoms with E-state index in [1.165, 1.54) is 17.6 Å². The third-order valence-corrected chi connectivity index (χ3v) is 8.93. The Morgan fingerprint density at radius 1 is 1.19 bits per heavy atom. The molecule has 1 aliphatic carbocycles. The second-order valence-electron chi connectivity index (χ2n) is 9.05. The number of sulfonamides is 1. The standard InChI is InChI=1S/C26H28N2O6S2/c1-16(2)14-28(36(31,32)26-27-9-10-35-26)22-12-18-7-8-23(29)21(18)13-24(22)34-15-20-6-5-19(11-17(20)3)25(30)33-4/h5-6,9-13,16H,7-8,14-15H2,1-4H3. The van der Waals surface area contributed by atoms with Crippen LogP contribution in [0.1, 0.15) is 57.7 Å². The number of Topliss-reactive ketones (excluding diaryl/α,β-unsaturated/α-hetero) is 1. The molecule has 36 heavy (non-hydrogen) atoms. The van der Waals surface area contributed by atoms with Gasteiger partial charge in [0.15, 0.2) is 5.78 Å². The fourth-order valence-corrected chi connectivity index (χ4v) is 6.68. The number of nitrogens with zero attached hydrogens (tertiary/aromatic N) is 2. The summed E-state index contributed by atoms with van der Waals surface area (Å²) in [5.74, 6) is -0.0864. The van der Waals surface area contributed by atoms with E-state index in [0.29, 0.717) is 35.4 Å². The van der Waals surface area contributed by atoms with Crippen molar-refractivity contribution in [3.8, 4) is 5.75 Å². The molecule has 0 fully saturated rings. The van der Waals surface area contributed by atoms with Crippen LogP contribution in [0.3, 0.4) is 0 Å². The van der Waals surface area contributed by atoms with Crippen LogP contribution in [0.4, 0.5) is 5.69 Å². The van der Waals surface area contributed by atoms with E-state index in [1.807, 2.05) is 20.8 Å². The summed E-state index contributed by atoms with van der Waals surface area (Å²) in [7, 11) is -2.62. The number of aryl methyl sites for hydroxylation is 2. The van der Waals surface area contributed by atoms with E-state index in [0.717, 1.165) is 28.0 Å². The van der Waals surface area contributed by atoms with Crippen molar-refractivity contribution in [2.45, 2.75) is 44.6 Å².